The second-order valence-electron chi connectivity index (χ2n) is 7.62. The van der Waals surface area contributed by atoms with Crippen molar-refractivity contribution >= 4 is 11.9 Å². The van der Waals surface area contributed by atoms with E-state index in [0.717, 1.165) is 18.8 Å². The maximum atomic E-state index is 12.0. The Bertz CT molecular complexity index is 636. The molecule has 1 unspecified atom stereocenters. The highest BCUT2D eigenvalue weighted by molar-refractivity contribution is 5.86. The van der Waals surface area contributed by atoms with Crippen LogP contribution in [0.3, 0.4) is 0 Å². The van der Waals surface area contributed by atoms with Crippen molar-refractivity contribution in [3.8, 4) is 5.75 Å². The zero-order chi connectivity index (χ0) is 21.2. The van der Waals surface area contributed by atoms with Gasteiger partial charge in [-0.2, -0.15) is 0 Å². The molecule has 0 spiro atoms. The molecular formula is C21H37N5O2. The average Bonchev–Trinajstić information content (AvgIpc) is 2.65. The van der Waals surface area contributed by atoms with Gasteiger partial charge in [0.15, 0.2) is 5.96 Å². The van der Waals surface area contributed by atoms with Crippen molar-refractivity contribution in [2.45, 2.75) is 46.2 Å². The van der Waals surface area contributed by atoms with E-state index in [1.54, 1.807) is 14.2 Å². The van der Waals surface area contributed by atoms with Gasteiger partial charge in [0, 0.05) is 19.1 Å². The van der Waals surface area contributed by atoms with Gasteiger partial charge in [-0.3, -0.25) is 14.7 Å². The number of carbonyl (C=O) groups excluding carboxylic acids is 1. The molecule has 0 saturated carbocycles. The largest absolute Gasteiger partial charge is 0.497 e. The normalized spacial score (nSPS) is 13.2. The van der Waals surface area contributed by atoms with Crippen LogP contribution in [0.1, 0.15) is 46.2 Å². The molecule has 0 aliphatic heterocycles. The third-order valence-corrected chi connectivity index (χ3v) is 4.35. The van der Waals surface area contributed by atoms with Crippen LogP contribution in [-0.4, -0.2) is 62.6 Å². The highest BCUT2D eigenvalue weighted by atomic mass is 16.5. The van der Waals surface area contributed by atoms with E-state index in [2.05, 4.69) is 51.8 Å². The Morgan fingerprint density at radius 3 is 2.43 bits per heavy atom. The number of amides is 1. The summed E-state index contributed by atoms with van der Waals surface area (Å²) in [4.78, 5) is 18.6. The highest BCUT2D eigenvalue weighted by Gasteiger charge is 2.19. The molecule has 7 heteroatoms. The first-order chi connectivity index (χ1) is 13.2. The van der Waals surface area contributed by atoms with Gasteiger partial charge in [0.1, 0.15) is 5.75 Å². The van der Waals surface area contributed by atoms with Gasteiger partial charge >= 0.3 is 0 Å². The Labute approximate surface area is 169 Å². The maximum absolute atomic E-state index is 12.0. The summed E-state index contributed by atoms with van der Waals surface area (Å²) in [6, 6.07) is 8.30. The molecule has 1 aromatic carbocycles. The van der Waals surface area contributed by atoms with Crippen LogP contribution >= 0.6 is 0 Å². The Morgan fingerprint density at radius 2 is 1.89 bits per heavy atom. The van der Waals surface area contributed by atoms with Gasteiger partial charge in [-0.05, 0) is 51.6 Å². The van der Waals surface area contributed by atoms with Gasteiger partial charge in [0.2, 0.25) is 5.91 Å². The Morgan fingerprint density at radius 1 is 1.21 bits per heavy atom. The van der Waals surface area contributed by atoms with Crippen LogP contribution < -0.4 is 20.7 Å². The molecule has 0 aliphatic carbocycles. The number of likely N-dealkylation sites (N-methyl/N-ethyl adjacent to an activating group) is 1. The van der Waals surface area contributed by atoms with Crippen LogP contribution in [0, 0.1) is 0 Å². The van der Waals surface area contributed by atoms with Crippen molar-refractivity contribution in [1.82, 2.24) is 20.9 Å². The standard InChI is InChI=1S/C21H37N5O2/c1-8-26(9-2)18(16-11-10-12-17(13-16)28-7)14-23-20(22-6)24-15-19(27)25-21(3,4)5/h10-13,18H,8-9,14-15H2,1-7H3,(H,25,27)(H2,22,23,24). The zero-order valence-electron chi connectivity index (χ0n) is 18.4. The number of methoxy groups -OCH3 is 1. The molecule has 28 heavy (non-hydrogen) atoms. The summed E-state index contributed by atoms with van der Waals surface area (Å²) in [7, 11) is 3.38. The molecule has 1 atom stereocenters. The predicted molar refractivity (Wildman–Crippen MR) is 116 cm³/mol. The van der Waals surface area contributed by atoms with Gasteiger partial charge in [-0.25, -0.2) is 0 Å². The summed E-state index contributed by atoms with van der Waals surface area (Å²) in [5, 5.41) is 9.36. The lowest BCUT2D eigenvalue weighted by molar-refractivity contribution is -0.121. The molecule has 0 saturated heterocycles. The van der Waals surface area contributed by atoms with Crippen molar-refractivity contribution in [3.05, 3.63) is 29.8 Å². The topological polar surface area (TPSA) is 78.0 Å². The summed E-state index contributed by atoms with van der Waals surface area (Å²) in [6.07, 6.45) is 0. The Balaban J connectivity index is 2.78. The number of benzene rings is 1. The second-order valence-corrected chi connectivity index (χ2v) is 7.62. The van der Waals surface area contributed by atoms with Crippen molar-refractivity contribution in [2.75, 3.05) is 40.3 Å². The number of hydrogen-bond acceptors (Lipinski definition) is 4. The van der Waals surface area contributed by atoms with E-state index < -0.39 is 0 Å². The monoisotopic (exact) mass is 391 g/mol. The first-order valence-corrected chi connectivity index (χ1v) is 9.87. The molecule has 0 aliphatic rings. The molecule has 1 rings (SSSR count). The Hall–Kier alpha value is -2.28. The summed E-state index contributed by atoms with van der Waals surface area (Å²) < 4.78 is 5.38. The van der Waals surface area contributed by atoms with Gasteiger partial charge in [-0.1, -0.05) is 26.0 Å². The molecule has 0 aromatic heterocycles. The maximum Gasteiger partial charge on any atom is 0.239 e. The molecule has 1 amide bonds. The number of carbonyl (C=O) groups is 1. The number of aliphatic imine (C=N–C) groups is 1. The van der Waals surface area contributed by atoms with Gasteiger partial charge in [-0.15, -0.1) is 0 Å². The van der Waals surface area contributed by atoms with Gasteiger partial charge in [0.05, 0.1) is 19.7 Å². The average molecular weight is 392 g/mol. The number of ether oxygens (including phenoxy) is 1. The molecule has 0 fully saturated rings. The van der Waals surface area contributed by atoms with E-state index in [-0.39, 0.29) is 24.0 Å². The minimum Gasteiger partial charge on any atom is -0.497 e. The molecule has 1 aromatic rings. The van der Waals surface area contributed by atoms with Crippen LogP contribution in [0.2, 0.25) is 0 Å². The van der Waals surface area contributed by atoms with Crippen LogP contribution in [0.5, 0.6) is 5.75 Å². The molecule has 0 bridgehead atoms. The van der Waals surface area contributed by atoms with Crippen LogP contribution in [-0.2, 0) is 4.79 Å². The summed E-state index contributed by atoms with van der Waals surface area (Å²) in [5.74, 6) is 1.38. The van der Waals surface area contributed by atoms with Crippen molar-refractivity contribution in [3.63, 3.8) is 0 Å². The molecule has 3 N–H and O–H groups in total. The number of rotatable bonds is 9. The predicted octanol–water partition coefficient (Wildman–Crippen LogP) is 2.16. The molecular weight excluding hydrogens is 354 g/mol. The lowest BCUT2D eigenvalue weighted by Crippen LogP contribution is -2.49. The van der Waals surface area contributed by atoms with Crippen LogP contribution in [0.15, 0.2) is 29.3 Å². The van der Waals surface area contributed by atoms with Crippen LogP contribution in [0.25, 0.3) is 0 Å². The zero-order valence-corrected chi connectivity index (χ0v) is 18.4. The fourth-order valence-electron chi connectivity index (χ4n) is 3.01. The number of guanidine groups is 1. The number of hydrogen-bond donors (Lipinski definition) is 3. The number of nitrogens with zero attached hydrogens (tertiary/aromatic N) is 2. The molecule has 0 radical (unpaired) electrons. The minimum absolute atomic E-state index is 0.0662. The molecule has 7 nitrogen and oxygen atoms in total. The number of nitrogens with one attached hydrogen (secondary N) is 3. The first-order valence-electron chi connectivity index (χ1n) is 9.87. The summed E-state index contributed by atoms with van der Waals surface area (Å²) in [6.45, 7) is 12.9. The smallest absolute Gasteiger partial charge is 0.239 e. The fourth-order valence-corrected chi connectivity index (χ4v) is 3.01. The van der Waals surface area contributed by atoms with E-state index in [1.807, 2.05) is 32.9 Å². The van der Waals surface area contributed by atoms with Crippen molar-refractivity contribution < 1.29 is 9.53 Å². The quantitative estimate of drug-likeness (QED) is 0.444. The minimum atomic E-state index is -0.254. The van der Waals surface area contributed by atoms with E-state index in [9.17, 15) is 4.79 Å². The highest BCUT2D eigenvalue weighted by Crippen LogP contribution is 2.23. The third-order valence-electron chi connectivity index (χ3n) is 4.35. The first kappa shape index (κ1) is 23.8. The van der Waals surface area contributed by atoms with Crippen LogP contribution in [0.4, 0.5) is 0 Å². The fraction of sp³-hybridized carbons (Fsp3) is 0.619. The third kappa shape index (κ3) is 8.17. The summed E-state index contributed by atoms with van der Waals surface area (Å²) >= 11 is 0. The van der Waals surface area contributed by atoms with E-state index in [4.69, 9.17) is 4.74 Å². The summed E-state index contributed by atoms with van der Waals surface area (Å²) in [5.41, 5.74) is 0.923. The lowest BCUT2D eigenvalue weighted by atomic mass is 10.0. The van der Waals surface area contributed by atoms with Gasteiger partial charge < -0.3 is 20.7 Å². The van der Waals surface area contributed by atoms with E-state index in [1.165, 1.54) is 5.56 Å². The molecule has 0 heterocycles. The SMILES string of the molecule is CCN(CC)C(CNC(=NC)NCC(=O)NC(C)(C)C)c1cccc(OC)c1. The van der Waals surface area contributed by atoms with Gasteiger partial charge in [0.25, 0.3) is 0 Å². The second kappa shape index (κ2) is 11.5. The van der Waals surface area contributed by atoms with E-state index in [0.29, 0.717) is 12.5 Å². The van der Waals surface area contributed by atoms with E-state index >= 15 is 0 Å². The lowest BCUT2D eigenvalue weighted by Gasteiger charge is -2.31. The van der Waals surface area contributed by atoms with Crippen molar-refractivity contribution in [2.24, 2.45) is 4.99 Å². The molecule has 158 valence electrons. The Kier molecular flexibility index (Phi) is 9.79. The van der Waals surface area contributed by atoms with Crippen molar-refractivity contribution in [1.29, 1.82) is 0 Å².